The molecule has 1 aromatic carbocycles. The van der Waals surface area contributed by atoms with Crippen LogP contribution in [-0.2, 0) is 21.4 Å². The number of carbonyl (C=O) groups excluding carboxylic acids is 1. The first-order chi connectivity index (χ1) is 14.3. The molecule has 1 unspecified atom stereocenters. The Bertz CT molecular complexity index is 1070. The van der Waals surface area contributed by atoms with E-state index in [1.807, 2.05) is 37.3 Å². The normalized spacial score (nSPS) is 25.1. The quantitative estimate of drug-likeness (QED) is 0.786. The Morgan fingerprint density at radius 2 is 1.97 bits per heavy atom. The van der Waals surface area contributed by atoms with Gasteiger partial charge in [0.1, 0.15) is 29.2 Å². The number of hydrogen-bond acceptors (Lipinski definition) is 7. The molecule has 0 radical (unpaired) electrons. The topological polar surface area (TPSA) is 96.0 Å². The van der Waals surface area contributed by atoms with Gasteiger partial charge < -0.3 is 19.9 Å². The van der Waals surface area contributed by atoms with Crippen molar-refractivity contribution in [2.24, 2.45) is 16.1 Å². The van der Waals surface area contributed by atoms with E-state index in [1.54, 1.807) is 6.07 Å². The van der Waals surface area contributed by atoms with E-state index in [4.69, 9.17) is 24.9 Å². The molecule has 0 bridgehead atoms. The monoisotopic (exact) mass is 407 g/mol. The summed E-state index contributed by atoms with van der Waals surface area (Å²) in [5.74, 6) is 0.710. The number of amidine groups is 1. The second kappa shape index (κ2) is 6.28. The molecule has 0 saturated carbocycles. The minimum absolute atomic E-state index is 0.0304. The largest absolute Gasteiger partial charge is 0.487 e. The van der Waals surface area contributed by atoms with E-state index in [-0.39, 0.29) is 18.2 Å². The minimum atomic E-state index is -0.701. The fourth-order valence-corrected chi connectivity index (χ4v) is 4.91. The number of ether oxygens (including phenoxy) is 3. The van der Waals surface area contributed by atoms with E-state index in [2.05, 4.69) is 18.8 Å². The van der Waals surface area contributed by atoms with E-state index in [1.165, 1.54) is 0 Å². The highest BCUT2D eigenvalue weighted by atomic mass is 16.5. The Hall–Kier alpha value is -2.93. The number of Topliss-reactive ketones (excluding diaryl/α,β-unsaturated/α-hetero) is 1. The summed E-state index contributed by atoms with van der Waals surface area (Å²) in [6.07, 6.45) is 0.243. The molecule has 1 fully saturated rings. The number of aromatic nitrogens is 1. The molecule has 4 heterocycles. The molecule has 1 aromatic heterocycles. The fourth-order valence-electron chi connectivity index (χ4n) is 4.91. The highest BCUT2D eigenvalue weighted by Crippen LogP contribution is 2.62. The van der Waals surface area contributed by atoms with E-state index in [0.29, 0.717) is 25.5 Å². The Morgan fingerprint density at radius 3 is 2.60 bits per heavy atom. The lowest BCUT2D eigenvalue weighted by Crippen LogP contribution is -2.71. The Balaban J connectivity index is 1.57. The molecule has 0 aliphatic carbocycles. The van der Waals surface area contributed by atoms with Gasteiger partial charge in [-0.05, 0) is 50.6 Å². The number of benzene rings is 1. The van der Waals surface area contributed by atoms with Gasteiger partial charge in [-0.3, -0.25) is 9.78 Å². The SMILES string of the molecule is Cc1cccc(C(=O)Cc2ccc3c(c2)C2(COC(N)=N2)C2(COC2)C(C)(C)O3)n1. The van der Waals surface area contributed by atoms with Gasteiger partial charge in [0, 0.05) is 17.7 Å². The molecule has 30 heavy (non-hydrogen) atoms. The smallest absolute Gasteiger partial charge is 0.283 e. The molecule has 1 saturated heterocycles. The summed E-state index contributed by atoms with van der Waals surface area (Å²) in [7, 11) is 0. The maximum atomic E-state index is 12.8. The van der Waals surface area contributed by atoms with E-state index in [0.717, 1.165) is 22.6 Å². The summed E-state index contributed by atoms with van der Waals surface area (Å²) in [6.45, 7) is 7.35. The van der Waals surface area contributed by atoms with Crippen molar-refractivity contribution in [3.05, 3.63) is 58.9 Å². The first kappa shape index (κ1) is 19.1. The molecule has 3 aliphatic heterocycles. The molecule has 5 rings (SSSR count). The van der Waals surface area contributed by atoms with Crippen LogP contribution in [0, 0.1) is 12.3 Å². The molecule has 2 aromatic rings. The van der Waals surface area contributed by atoms with Crippen LogP contribution in [0.15, 0.2) is 41.4 Å². The summed E-state index contributed by atoms with van der Waals surface area (Å²) in [6, 6.07) is 11.5. The zero-order valence-electron chi connectivity index (χ0n) is 17.4. The van der Waals surface area contributed by atoms with Gasteiger partial charge in [-0.15, -0.1) is 0 Å². The van der Waals surface area contributed by atoms with Crippen LogP contribution in [0.4, 0.5) is 0 Å². The van der Waals surface area contributed by atoms with E-state index in [9.17, 15) is 4.79 Å². The second-order valence-electron chi connectivity index (χ2n) is 8.88. The number of fused-ring (bicyclic) bond motifs is 3. The van der Waals surface area contributed by atoms with Gasteiger partial charge in [-0.25, -0.2) is 4.99 Å². The van der Waals surface area contributed by atoms with Crippen LogP contribution in [-0.4, -0.2) is 42.2 Å². The van der Waals surface area contributed by atoms with Gasteiger partial charge in [0.25, 0.3) is 6.02 Å². The third kappa shape index (κ3) is 2.51. The average molecular weight is 407 g/mol. The van der Waals surface area contributed by atoms with Crippen LogP contribution in [0.1, 0.15) is 41.2 Å². The predicted molar refractivity (Wildman–Crippen MR) is 111 cm³/mol. The molecule has 7 heteroatoms. The third-order valence-corrected chi connectivity index (χ3v) is 6.76. The van der Waals surface area contributed by atoms with Crippen LogP contribution >= 0.6 is 0 Å². The molecule has 7 nitrogen and oxygen atoms in total. The summed E-state index contributed by atoms with van der Waals surface area (Å²) >= 11 is 0. The van der Waals surface area contributed by atoms with Crippen LogP contribution < -0.4 is 10.5 Å². The van der Waals surface area contributed by atoms with Gasteiger partial charge in [0.2, 0.25) is 0 Å². The van der Waals surface area contributed by atoms with Crippen molar-refractivity contribution in [3.63, 3.8) is 0 Å². The van der Waals surface area contributed by atoms with Crippen molar-refractivity contribution in [1.29, 1.82) is 0 Å². The number of pyridine rings is 1. The highest BCUT2D eigenvalue weighted by molar-refractivity contribution is 5.95. The standard InChI is InChI=1S/C23H25N3O4/c1-14-5-4-6-17(25-14)18(27)10-15-7-8-19-16(9-15)23(13-29-20(24)26-23)22(11-28-12-22)21(2,3)30-19/h4-9H,10-13H2,1-3H3,(H2,24,26). The number of nitrogens with two attached hydrogens (primary N) is 1. The van der Waals surface area contributed by atoms with E-state index >= 15 is 0 Å². The Labute approximate surface area is 175 Å². The Morgan fingerprint density at radius 1 is 1.17 bits per heavy atom. The van der Waals surface area contributed by atoms with Crippen molar-refractivity contribution in [2.75, 3.05) is 19.8 Å². The van der Waals surface area contributed by atoms with Crippen molar-refractivity contribution >= 4 is 11.8 Å². The number of ketones is 1. The average Bonchev–Trinajstić information content (AvgIpc) is 3.03. The number of aryl methyl sites for hydroxylation is 1. The lowest BCUT2D eigenvalue weighted by molar-refractivity contribution is -0.247. The number of rotatable bonds is 3. The first-order valence-electron chi connectivity index (χ1n) is 10.1. The zero-order valence-corrected chi connectivity index (χ0v) is 17.4. The molecular formula is C23H25N3O4. The van der Waals surface area contributed by atoms with Gasteiger partial charge in [0.15, 0.2) is 5.78 Å². The Kier molecular flexibility index (Phi) is 3.99. The number of aliphatic imine (C=N–C) groups is 1. The van der Waals surface area contributed by atoms with Gasteiger partial charge >= 0.3 is 0 Å². The number of nitrogens with zero attached hydrogens (tertiary/aromatic N) is 2. The van der Waals surface area contributed by atoms with Crippen molar-refractivity contribution in [3.8, 4) is 5.75 Å². The van der Waals surface area contributed by atoms with Crippen molar-refractivity contribution in [1.82, 2.24) is 4.98 Å². The first-order valence-corrected chi connectivity index (χ1v) is 10.1. The molecule has 156 valence electrons. The van der Waals surface area contributed by atoms with Crippen molar-refractivity contribution in [2.45, 2.75) is 38.3 Å². The van der Waals surface area contributed by atoms with Gasteiger partial charge in [-0.1, -0.05) is 12.1 Å². The number of hydrogen-bond donors (Lipinski definition) is 1. The summed E-state index contributed by atoms with van der Waals surface area (Å²) in [4.78, 5) is 22.0. The molecule has 0 amide bonds. The molecule has 1 atom stereocenters. The van der Waals surface area contributed by atoms with Crippen LogP contribution in [0.3, 0.4) is 0 Å². The minimum Gasteiger partial charge on any atom is -0.487 e. The predicted octanol–water partition coefficient (Wildman–Crippen LogP) is 2.54. The summed E-state index contributed by atoms with van der Waals surface area (Å²) in [5, 5.41) is 0. The summed E-state index contributed by atoms with van der Waals surface area (Å²) in [5.41, 5.74) is 7.43. The lowest BCUT2D eigenvalue weighted by Gasteiger charge is -2.61. The molecule has 2 spiro atoms. The zero-order chi connectivity index (χ0) is 21.1. The van der Waals surface area contributed by atoms with Crippen LogP contribution in [0.25, 0.3) is 0 Å². The second-order valence-corrected chi connectivity index (χ2v) is 8.88. The lowest BCUT2D eigenvalue weighted by atomic mass is 9.55. The summed E-state index contributed by atoms with van der Waals surface area (Å²) < 4.78 is 17.7. The number of carbonyl (C=O) groups is 1. The maximum absolute atomic E-state index is 12.8. The maximum Gasteiger partial charge on any atom is 0.283 e. The highest BCUT2D eigenvalue weighted by Gasteiger charge is 2.71. The molecule has 3 aliphatic rings. The van der Waals surface area contributed by atoms with Crippen LogP contribution in [0.5, 0.6) is 5.75 Å². The van der Waals surface area contributed by atoms with E-state index < -0.39 is 16.6 Å². The van der Waals surface area contributed by atoms with Gasteiger partial charge in [0.05, 0.1) is 18.6 Å². The fraction of sp³-hybridized carbons (Fsp3) is 0.435. The molecular weight excluding hydrogens is 382 g/mol. The molecule has 2 N–H and O–H groups in total. The van der Waals surface area contributed by atoms with Gasteiger partial charge in [-0.2, -0.15) is 0 Å². The van der Waals surface area contributed by atoms with Crippen molar-refractivity contribution < 1.29 is 19.0 Å². The third-order valence-electron chi connectivity index (χ3n) is 6.76. The van der Waals surface area contributed by atoms with Crippen LogP contribution in [0.2, 0.25) is 0 Å².